The third-order valence-corrected chi connectivity index (χ3v) is 1.62. The Bertz CT molecular complexity index is 365. The Hall–Kier alpha value is -1.58. The minimum atomic E-state index is 0.817. The van der Waals surface area contributed by atoms with Crippen molar-refractivity contribution < 1.29 is 0 Å². The molecule has 0 amide bonds. The van der Waals surface area contributed by atoms with Crippen LogP contribution < -0.4 is 5.32 Å². The highest BCUT2D eigenvalue weighted by molar-refractivity contribution is 5.87. The average Bonchev–Trinajstić information content (AvgIpc) is 2.50. The zero-order valence-corrected chi connectivity index (χ0v) is 6.13. The van der Waals surface area contributed by atoms with Gasteiger partial charge in [-0.3, -0.25) is 5.10 Å². The van der Waals surface area contributed by atoms with Crippen LogP contribution in [-0.4, -0.2) is 22.2 Å². The standard InChI is InChI=1S/C7H8N4/c1-8-6-2-3-9-7-5(6)4-10-11-7/h2-4H,1H3,(H2,8,9,10,11). The maximum atomic E-state index is 4.09. The van der Waals surface area contributed by atoms with Crippen LogP contribution in [0.1, 0.15) is 0 Å². The molecule has 0 saturated heterocycles. The first-order valence-corrected chi connectivity index (χ1v) is 3.37. The Morgan fingerprint density at radius 2 is 2.45 bits per heavy atom. The molecule has 11 heavy (non-hydrogen) atoms. The van der Waals surface area contributed by atoms with Gasteiger partial charge in [-0.2, -0.15) is 5.10 Å². The number of fused-ring (bicyclic) bond motifs is 1. The van der Waals surface area contributed by atoms with Gasteiger partial charge in [-0.25, -0.2) is 4.98 Å². The highest BCUT2D eigenvalue weighted by atomic mass is 15.1. The molecule has 0 aromatic carbocycles. The molecular weight excluding hydrogens is 140 g/mol. The van der Waals surface area contributed by atoms with Gasteiger partial charge in [0.1, 0.15) is 0 Å². The summed E-state index contributed by atoms with van der Waals surface area (Å²) in [5.41, 5.74) is 1.86. The minimum Gasteiger partial charge on any atom is -0.387 e. The second kappa shape index (κ2) is 2.23. The number of nitrogens with one attached hydrogen (secondary N) is 2. The molecule has 2 aromatic rings. The molecule has 2 N–H and O–H groups in total. The minimum absolute atomic E-state index is 0.817. The molecule has 56 valence electrons. The highest BCUT2D eigenvalue weighted by Crippen LogP contribution is 2.17. The van der Waals surface area contributed by atoms with E-state index in [9.17, 15) is 0 Å². The molecule has 0 aliphatic heterocycles. The molecule has 0 spiro atoms. The molecule has 2 aromatic heterocycles. The molecule has 0 radical (unpaired) electrons. The topological polar surface area (TPSA) is 53.6 Å². The van der Waals surface area contributed by atoms with Crippen LogP contribution >= 0.6 is 0 Å². The number of nitrogens with zero attached hydrogens (tertiary/aromatic N) is 2. The zero-order chi connectivity index (χ0) is 7.68. The Balaban J connectivity index is 2.79. The quantitative estimate of drug-likeness (QED) is 0.634. The summed E-state index contributed by atoms with van der Waals surface area (Å²) in [6, 6.07) is 1.91. The van der Waals surface area contributed by atoms with E-state index in [1.54, 1.807) is 12.4 Å². The fourth-order valence-corrected chi connectivity index (χ4v) is 1.07. The van der Waals surface area contributed by atoms with E-state index in [0.29, 0.717) is 0 Å². The molecule has 0 fully saturated rings. The lowest BCUT2D eigenvalue weighted by molar-refractivity contribution is 1.10. The van der Waals surface area contributed by atoms with E-state index < -0.39 is 0 Å². The SMILES string of the molecule is CNc1ccnc2[nH]ncc12. The van der Waals surface area contributed by atoms with E-state index in [1.807, 2.05) is 13.1 Å². The normalized spacial score (nSPS) is 10.3. The molecule has 0 saturated carbocycles. The van der Waals surface area contributed by atoms with Crippen LogP contribution in [0.3, 0.4) is 0 Å². The first-order chi connectivity index (χ1) is 5.42. The van der Waals surface area contributed by atoms with E-state index in [-0.39, 0.29) is 0 Å². The number of aromatic nitrogens is 3. The summed E-state index contributed by atoms with van der Waals surface area (Å²) in [7, 11) is 1.88. The van der Waals surface area contributed by atoms with Gasteiger partial charge in [-0.05, 0) is 6.07 Å². The van der Waals surface area contributed by atoms with Gasteiger partial charge in [0.25, 0.3) is 0 Å². The third kappa shape index (κ3) is 0.832. The van der Waals surface area contributed by atoms with Crippen molar-refractivity contribution in [2.24, 2.45) is 0 Å². The first-order valence-electron chi connectivity index (χ1n) is 3.37. The van der Waals surface area contributed by atoms with E-state index in [4.69, 9.17) is 0 Å². The molecule has 0 unspecified atom stereocenters. The Kier molecular flexibility index (Phi) is 1.25. The predicted octanol–water partition coefficient (Wildman–Crippen LogP) is 1.000. The van der Waals surface area contributed by atoms with Crippen LogP contribution in [0.15, 0.2) is 18.5 Å². The number of hydrogen-bond acceptors (Lipinski definition) is 3. The lowest BCUT2D eigenvalue weighted by Gasteiger charge is -1.98. The fourth-order valence-electron chi connectivity index (χ4n) is 1.07. The zero-order valence-electron chi connectivity index (χ0n) is 6.13. The summed E-state index contributed by atoms with van der Waals surface area (Å²) in [5.74, 6) is 0. The molecule has 0 bridgehead atoms. The summed E-state index contributed by atoms with van der Waals surface area (Å²) in [6.45, 7) is 0. The van der Waals surface area contributed by atoms with Gasteiger partial charge in [0, 0.05) is 18.9 Å². The molecule has 0 aliphatic carbocycles. The van der Waals surface area contributed by atoms with Gasteiger partial charge in [0.15, 0.2) is 5.65 Å². The van der Waals surface area contributed by atoms with E-state index >= 15 is 0 Å². The Morgan fingerprint density at radius 3 is 3.27 bits per heavy atom. The summed E-state index contributed by atoms with van der Waals surface area (Å²) in [6.07, 6.45) is 3.50. The first kappa shape index (κ1) is 6.15. The molecule has 2 rings (SSSR count). The molecule has 4 heteroatoms. The van der Waals surface area contributed by atoms with Crippen LogP contribution in [-0.2, 0) is 0 Å². The Labute approximate surface area is 63.6 Å². The van der Waals surface area contributed by atoms with E-state index in [2.05, 4.69) is 20.5 Å². The van der Waals surface area contributed by atoms with Crippen molar-refractivity contribution in [2.75, 3.05) is 12.4 Å². The van der Waals surface area contributed by atoms with Crippen LogP contribution in [0.25, 0.3) is 11.0 Å². The number of anilines is 1. The lowest BCUT2D eigenvalue weighted by atomic mass is 10.3. The molecule has 0 aliphatic rings. The van der Waals surface area contributed by atoms with E-state index in [0.717, 1.165) is 16.7 Å². The number of pyridine rings is 1. The van der Waals surface area contributed by atoms with Crippen molar-refractivity contribution in [3.63, 3.8) is 0 Å². The van der Waals surface area contributed by atoms with Crippen LogP contribution in [0, 0.1) is 0 Å². The van der Waals surface area contributed by atoms with Gasteiger partial charge >= 0.3 is 0 Å². The summed E-state index contributed by atoms with van der Waals surface area (Å²) >= 11 is 0. The number of hydrogen-bond donors (Lipinski definition) is 2. The van der Waals surface area contributed by atoms with Gasteiger partial charge < -0.3 is 5.32 Å². The number of aromatic amines is 1. The van der Waals surface area contributed by atoms with E-state index in [1.165, 1.54) is 0 Å². The second-order valence-electron chi connectivity index (χ2n) is 2.24. The number of H-pyrrole nitrogens is 1. The van der Waals surface area contributed by atoms with Crippen LogP contribution in [0.4, 0.5) is 5.69 Å². The van der Waals surface area contributed by atoms with Gasteiger partial charge in [-0.1, -0.05) is 0 Å². The van der Waals surface area contributed by atoms with Crippen LogP contribution in [0.5, 0.6) is 0 Å². The lowest BCUT2D eigenvalue weighted by Crippen LogP contribution is -1.88. The van der Waals surface area contributed by atoms with Crippen molar-refractivity contribution in [2.45, 2.75) is 0 Å². The smallest absolute Gasteiger partial charge is 0.157 e. The van der Waals surface area contributed by atoms with Gasteiger partial charge in [-0.15, -0.1) is 0 Å². The summed E-state index contributed by atoms with van der Waals surface area (Å²) in [4.78, 5) is 4.09. The predicted molar refractivity (Wildman–Crippen MR) is 43.4 cm³/mol. The molecule has 0 atom stereocenters. The van der Waals surface area contributed by atoms with Crippen molar-refractivity contribution >= 4 is 16.7 Å². The number of rotatable bonds is 1. The highest BCUT2D eigenvalue weighted by Gasteiger charge is 1.99. The largest absolute Gasteiger partial charge is 0.387 e. The van der Waals surface area contributed by atoms with Crippen molar-refractivity contribution in [3.05, 3.63) is 18.5 Å². The molecule has 2 heterocycles. The maximum Gasteiger partial charge on any atom is 0.157 e. The maximum absolute atomic E-state index is 4.09. The monoisotopic (exact) mass is 148 g/mol. The summed E-state index contributed by atoms with van der Waals surface area (Å²) < 4.78 is 0. The van der Waals surface area contributed by atoms with Crippen molar-refractivity contribution in [1.29, 1.82) is 0 Å². The van der Waals surface area contributed by atoms with Crippen molar-refractivity contribution in [1.82, 2.24) is 15.2 Å². The Morgan fingerprint density at radius 1 is 1.55 bits per heavy atom. The van der Waals surface area contributed by atoms with Crippen molar-refractivity contribution in [3.8, 4) is 0 Å². The average molecular weight is 148 g/mol. The second-order valence-corrected chi connectivity index (χ2v) is 2.24. The fraction of sp³-hybridized carbons (Fsp3) is 0.143. The molecule has 4 nitrogen and oxygen atoms in total. The van der Waals surface area contributed by atoms with Crippen LogP contribution in [0.2, 0.25) is 0 Å². The molecular formula is C7H8N4. The van der Waals surface area contributed by atoms with Gasteiger partial charge in [0.2, 0.25) is 0 Å². The summed E-state index contributed by atoms with van der Waals surface area (Å²) in [5, 5.41) is 10.8. The third-order valence-electron chi connectivity index (χ3n) is 1.62. The van der Waals surface area contributed by atoms with Gasteiger partial charge in [0.05, 0.1) is 11.6 Å².